The van der Waals surface area contributed by atoms with Crippen molar-refractivity contribution < 1.29 is 9.59 Å². The van der Waals surface area contributed by atoms with Gasteiger partial charge in [0.15, 0.2) is 0 Å². The number of carbonyl (C=O) groups excluding carboxylic acids is 2. The zero-order valence-corrected chi connectivity index (χ0v) is 15.1. The summed E-state index contributed by atoms with van der Waals surface area (Å²) >= 11 is 0. The number of hydrogen-bond acceptors (Lipinski definition) is 5. The van der Waals surface area contributed by atoms with Crippen LogP contribution in [-0.4, -0.2) is 65.0 Å². The summed E-state index contributed by atoms with van der Waals surface area (Å²) in [6, 6.07) is 7.82. The molecule has 1 aromatic carbocycles. The van der Waals surface area contributed by atoms with Crippen molar-refractivity contribution in [3.8, 4) is 0 Å². The molecule has 2 amide bonds. The van der Waals surface area contributed by atoms with Crippen molar-refractivity contribution in [2.24, 2.45) is 0 Å². The molecule has 8 nitrogen and oxygen atoms in total. The Labute approximate surface area is 152 Å². The highest BCUT2D eigenvalue weighted by Crippen LogP contribution is 2.16. The molecular weight excluding hydrogens is 332 g/mol. The number of rotatable bonds is 5. The second-order valence-corrected chi connectivity index (χ2v) is 6.57. The number of benzene rings is 1. The molecule has 0 spiro atoms. The van der Waals surface area contributed by atoms with Gasteiger partial charge in [-0.05, 0) is 24.7 Å². The molecular formula is C18H24N6O2. The molecule has 0 aliphatic carbocycles. The lowest BCUT2D eigenvalue weighted by Crippen LogP contribution is -2.43. The normalized spacial score (nSPS) is 15.6. The smallest absolute Gasteiger partial charge is 0.275 e. The minimum atomic E-state index is -0.349. The summed E-state index contributed by atoms with van der Waals surface area (Å²) in [4.78, 5) is 28.3. The zero-order valence-electron chi connectivity index (χ0n) is 15.1. The predicted molar refractivity (Wildman–Crippen MR) is 100 cm³/mol. The fraction of sp³-hybridized carbons (Fsp3) is 0.389. The van der Waals surface area contributed by atoms with Gasteiger partial charge in [0.25, 0.3) is 5.91 Å². The van der Waals surface area contributed by atoms with E-state index in [2.05, 4.69) is 37.7 Å². The number of nitrogens with zero attached hydrogens (tertiary/aromatic N) is 3. The maximum absolute atomic E-state index is 12.4. The fourth-order valence-corrected chi connectivity index (χ4v) is 2.89. The molecule has 0 radical (unpaired) electrons. The van der Waals surface area contributed by atoms with E-state index < -0.39 is 0 Å². The predicted octanol–water partition coefficient (Wildman–Crippen LogP) is 1.37. The van der Waals surface area contributed by atoms with E-state index in [0.717, 1.165) is 32.7 Å². The van der Waals surface area contributed by atoms with E-state index in [-0.39, 0.29) is 17.5 Å². The van der Waals surface area contributed by atoms with Crippen LogP contribution in [0.15, 0.2) is 30.5 Å². The fourth-order valence-electron chi connectivity index (χ4n) is 2.89. The van der Waals surface area contributed by atoms with Crippen molar-refractivity contribution in [2.75, 3.05) is 43.9 Å². The van der Waals surface area contributed by atoms with Gasteiger partial charge in [-0.15, -0.1) is 0 Å². The Morgan fingerprint density at radius 1 is 1.12 bits per heavy atom. The summed E-state index contributed by atoms with van der Waals surface area (Å²) in [6.45, 7) is 6.62. The Bertz CT molecular complexity index is 762. The summed E-state index contributed by atoms with van der Waals surface area (Å²) in [5.74, 6) is -0.605. The van der Waals surface area contributed by atoms with Gasteiger partial charge in [0.2, 0.25) is 5.91 Å². The van der Waals surface area contributed by atoms with Crippen LogP contribution in [0.4, 0.5) is 11.4 Å². The summed E-state index contributed by atoms with van der Waals surface area (Å²) in [6.07, 6.45) is 1.41. The number of H-pyrrole nitrogens is 1. The maximum atomic E-state index is 12.4. The number of hydrogen-bond donors (Lipinski definition) is 3. The molecule has 1 saturated heterocycles. The summed E-state index contributed by atoms with van der Waals surface area (Å²) < 4.78 is 0. The minimum absolute atomic E-state index is 0.224. The van der Waals surface area contributed by atoms with E-state index >= 15 is 0 Å². The van der Waals surface area contributed by atoms with Crippen molar-refractivity contribution in [1.82, 2.24) is 20.0 Å². The molecule has 0 atom stereocenters. The Morgan fingerprint density at radius 2 is 1.81 bits per heavy atom. The molecule has 138 valence electrons. The standard InChI is InChI=1S/C18H24N6O2/c1-13(25)20-16-11-19-22-17(16)18(26)21-15-5-3-14(4-6-15)12-24-9-7-23(2)8-10-24/h3-6,11H,7-10,12H2,1-2H3,(H,19,22)(H,20,25)(H,21,26). The molecule has 3 N–H and O–H groups in total. The van der Waals surface area contributed by atoms with E-state index in [9.17, 15) is 9.59 Å². The van der Waals surface area contributed by atoms with Gasteiger partial charge in [0, 0.05) is 45.3 Å². The highest BCUT2D eigenvalue weighted by atomic mass is 16.2. The summed E-state index contributed by atoms with van der Waals surface area (Å²) in [5.41, 5.74) is 2.50. The largest absolute Gasteiger partial charge is 0.323 e. The van der Waals surface area contributed by atoms with Crippen molar-refractivity contribution in [3.63, 3.8) is 0 Å². The Morgan fingerprint density at radius 3 is 2.46 bits per heavy atom. The summed E-state index contributed by atoms with van der Waals surface area (Å²) in [7, 11) is 2.14. The molecule has 2 heterocycles. The zero-order chi connectivity index (χ0) is 18.5. The first-order chi connectivity index (χ1) is 12.5. The van der Waals surface area contributed by atoms with E-state index in [1.165, 1.54) is 18.7 Å². The number of amides is 2. The highest BCUT2D eigenvalue weighted by Gasteiger charge is 2.16. The average molecular weight is 356 g/mol. The third kappa shape index (κ3) is 4.68. The first-order valence-electron chi connectivity index (χ1n) is 8.63. The molecule has 1 aliphatic heterocycles. The van der Waals surface area contributed by atoms with Crippen LogP contribution in [0.5, 0.6) is 0 Å². The molecule has 1 fully saturated rings. The third-order valence-electron chi connectivity index (χ3n) is 4.39. The first kappa shape index (κ1) is 18.1. The Kier molecular flexibility index (Phi) is 5.65. The van der Waals surface area contributed by atoms with E-state index in [4.69, 9.17) is 0 Å². The molecule has 0 unspecified atom stereocenters. The second-order valence-electron chi connectivity index (χ2n) is 6.57. The number of piperazine rings is 1. The number of nitrogens with one attached hydrogen (secondary N) is 3. The number of anilines is 2. The topological polar surface area (TPSA) is 93.4 Å². The minimum Gasteiger partial charge on any atom is -0.323 e. The molecule has 2 aromatic rings. The van der Waals surface area contributed by atoms with Gasteiger partial charge in [-0.25, -0.2) is 0 Å². The van der Waals surface area contributed by atoms with Gasteiger partial charge in [-0.2, -0.15) is 5.10 Å². The van der Waals surface area contributed by atoms with E-state index in [1.54, 1.807) is 0 Å². The van der Waals surface area contributed by atoms with Crippen LogP contribution in [0.25, 0.3) is 0 Å². The molecule has 8 heteroatoms. The lowest BCUT2D eigenvalue weighted by Gasteiger charge is -2.32. The lowest BCUT2D eigenvalue weighted by molar-refractivity contribution is -0.114. The van der Waals surface area contributed by atoms with E-state index in [1.807, 2.05) is 24.3 Å². The number of likely N-dealkylation sites (N-methyl/N-ethyl adjacent to an activating group) is 1. The monoisotopic (exact) mass is 356 g/mol. The van der Waals surface area contributed by atoms with Crippen LogP contribution < -0.4 is 10.6 Å². The van der Waals surface area contributed by atoms with Crippen LogP contribution in [0.3, 0.4) is 0 Å². The molecule has 0 saturated carbocycles. The number of aromatic nitrogens is 2. The van der Waals surface area contributed by atoms with Crippen LogP contribution in [-0.2, 0) is 11.3 Å². The Balaban J connectivity index is 1.58. The number of carbonyl (C=O) groups is 2. The van der Waals surface area contributed by atoms with Crippen molar-refractivity contribution in [1.29, 1.82) is 0 Å². The van der Waals surface area contributed by atoms with Crippen LogP contribution in [0.1, 0.15) is 23.0 Å². The summed E-state index contributed by atoms with van der Waals surface area (Å²) in [5, 5.41) is 11.8. The van der Waals surface area contributed by atoms with Gasteiger partial charge in [-0.1, -0.05) is 12.1 Å². The Hall–Kier alpha value is -2.71. The lowest BCUT2D eigenvalue weighted by atomic mass is 10.1. The average Bonchev–Trinajstić information content (AvgIpc) is 3.06. The molecule has 1 aliphatic rings. The molecule has 0 bridgehead atoms. The number of aromatic amines is 1. The first-order valence-corrected chi connectivity index (χ1v) is 8.63. The van der Waals surface area contributed by atoms with E-state index in [0.29, 0.717) is 11.4 Å². The molecule has 1 aromatic heterocycles. The van der Waals surface area contributed by atoms with Crippen molar-refractivity contribution in [3.05, 3.63) is 41.7 Å². The van der Waals surface area contributed by atoms with Gasteiger partial charge in [0.05, 0.1) is 11.9 Å². The molecule has 3 rings (SSSR count). The SMILES string of the molecule is CC(=O)Nc1cn[nH]c1C(=O)Nc1ccc(CN2CCN(C)CC2)cc1. The van der Waals surface area contributed by atoms with Gasteiger partial charge < -0.3 is 15.5 Å². The van der Waals surface area contributed by atoms with Gasteiger partial charge in [0.1, 0.15) is 5.69 Å². The van der Waals surface area contributed by atoms with Crippen molar-refractivity contribution in [2.45, 2.75) is 13.5 Å². The third-order valence-corrected chi connectivity index (χ3v) is 4.39. The van der Waals surface area contributed by atoms with Gasteiger partial charge >= 0.3 is 0 Å². The van der Waals surface area contributed by atoms with Crippen molar-refractivity contribution >= 4 is 23.2 Å². The van der Waals surface area contributed by atoms with Crippen LogP contribution in [0.2, 0.25) is 0 Å². The van der Waals surface area contributed by atoms with Crippen LogP contribution in [0, 0.1) is 0 Å². The maximum Gasteiger partial charge on any atom is 0.275 e. The quantitative estimate of drug-likeness (QED) is 0.752. The van der Waals surface area contributed by atoms with Crippen LogP contribution >= 0.6 is 0 Å². The second kappa shape index (κ2) is 8.11. The van der Waals surface area contributed by atoms with Gasteiger partial charge in [-0.3, -0.25) is 19.6 Å². The highest BCUT2D eigenvalue weighted by molar-refractivity contribution is 6.08. The molecule has 26 heavy (non-hydrogen) atoms.